The third-order valence-corrected chi connectivity index (χ3v) is 4.30. The third-order valence-electron chi connectivity index (χ3n) is 4.30. The van der Waals surface area contributed by atoms with E-state index < -0.39 is 0 Å². The second-order valence-corrected chi connectivity index (χ2v) is 6.11. The normalized spacial score (nSPS) is 8.67. The van der Waals surface area contributed by atoms with E-state index in [2.05, 4.69) is 47.4 Å². The molecule has 0 amide bonds. The van der Waals surface area contributed by atoms with Crippen LogP contribution in [-0.2, 0) is 0 Å². The van der Waals surface area contributed by atoms with Crippen LogP contribution in [0, 0.1) is 73.1 Å². The average molecular weight is 374 g/mol. The van der Waals surface area contributed by atoms with Crippen molar-refractivity contribution in [1.29, 1.82) is 0 Å². The molecule has 0 N–H and O–H groups in total. The minimum atomic E-state index is 0.606. The second kappa shape index (κ2) is 9.29. The molecule has 0 heteroatoms. The molecule has 134 valence electrons. The van der Waals surface area contributed by atoms with Gasteiger partial charge in [0.2, 0.25) is 0 Å². The summed E-state index contributed by atoms with van der Waals surface area (Å²) in [4.78, 5) is 0. The molecule has 0 aliphatic carbocycles. The topological polar surface area (TPSA) is 0 Å². The Kier molecular flexibility index (Phi) is 6.12. The smallest absolute Gasteiger partial charge is 0.0418 e. The lowest BCUT2D eigenvalue weighted by Crippen LogP contribution is -1.92. The van der Waals surface area contributed by atoms with E-state index in [4.69, 9.17) is 25.7 Å². The molecule has 0 saturated carbocycles. The summed E-state index contributed by atoms with van der Waals surface area (Å²) in [6.45, 7) is 0. The lowest BCUT2D eigenvalue weighted by molar-refractivity contribution is 1.51. The lowest BCUT2D eigenvalue weighted by atomic mass is 9.98. The van der Waals surface area contributed by atoms with Gasteiger partial charge in [0.25, 0.3) is 0 Å². The second-order valence-electron chi connectivity index (χ2n) is 6.11. The zero-order valence-corrected chi connectivity index (χ0v) is 16.1. The van der Waals surface area contributed by atoms with E-state index in [0.717, 1.165) is 22.3 Å². The first-order chi connectivity index (χ1) is 14.7. The molecule has 3 aromatic carbocycles. The molecular formula is C30H14. The molecule has 0 spiro atoms. The fourth-order valence-electron chi connectivity index (χ4n) is 2.75. The number of benzene rings is 3. The standard InChI is InChI=1S/C30H14/c1-5-23-13-9-11-15-27(23)17-19-29-21-26(8-4)30(22-25(29)7-3)20-18-28-16-12-10-14-24(28)6-2/h1-4,9-16,21-22H. The van der Waals surface area contributed by atoms with Crippen molar-refractivity contribution in [3.05, 3.63) is 105 Å². The van der Waals surface area contributed by atoms with Gasteiger partial charge in [-0.1, -0.05) is 71.6 Å². The van der Waals surface area contributed by atoms with Crippen molar-refractivity contribution in [2.24, 2.45) is 0 Å². The molecule has 0 aromatic heterocycles. The van der Waals surface area contributed by atoms with Gasteiger partial charge in [0.05, 0.1) is 0 Å². The SMILES string of the molecule is C#Cc1ccccc1C#Cc1cc(C#C)c(C#Cc2ccccc2C#C)cc1C#C. The molecule has 0 radical (unpaired) electrons. The molecular weight excluding hydrogens is 360 g/mol. The number of rotatable bonds is 0. The highest BCUT2D eigenvalue weighted by Gasteiger charge is 2.05. The Hall–Kier alpha value is -4.98. The maximum Gasteiger partial charge on any atom is 0.0418 e. The third kappa shape index (κ3) is 4.29. The minimum absolute atomic E-state index is 0.606. The van der Waals surface area contributed by atoms with E-state index in [1.807, 2.05) is 48.5 Å². The minimum Gasteiger partial charge on any atom is -0.115 e. The first-order valence-corrected chi connectivity index (χ1v) is 8.96. The molecule has 0 nitrogen and oxygen atoms in total. The van der Waals surface area contributed by atoms with Crippen LogP contribution in [-0.4, -0.2) is 0 Å². The van der Waals surface area contributed by atoms with Gasteiger partial charge in [-0.2, -0.15) is 0 Å². The van der Waals surface area contributed by atoms with Gasteiger partial charge in [0.1, 0.15) is 0 Å². The summed E-state index contributed by atoms with van der Waals surface area (Å²) in [5.74, 6) is 22.9. The quantitative estimate of drug-likeness (QED) is 0.511. The van der Waals surface area contributed by atoms with Crippen LogP contribution in [0.1, 0.15) is 44.5 Å². The molecule has 3 aromatic rings. The van der Waals surface area contributed by atoms with E-state index in [9.17, 15) is 0 Å². The molecule has 30 heavy (non-hydrogen) atoms. The summed E-state index contributed by atoms with van der Waals surface area (Å²) in [5.41, 5.74) is 5.44. The highest BCUT2D eigenvalue weighted by Crippen LogP contribution is 2.16. The number of terminal acetylenes is 4. The Labute approximate surface area is 178 Å². The van der Waals surface area contributed by atoms with Gasteiger partial charge in [0.15, 0.2) is 0 Å². The maximum absolute atomic E-state index is 5.71. The van der Waals surface area contributed by atoms with Crippen molar-refractivity contribution in [2.75, 3.05) is 0 Å². The molecule has 0 aliphatic heterocycles. The van der Waals surface area contributed by atoms with Gasteiger partial charge in [-0.05, 0) is 36.4 Å². The molecule has 0 heterocycles. The summed E-state index contributed by atoms with van der Waals surface area (Å²) in [5, 5.41) is 0. The van der Waals surface area contributed by atoms with Crippen molar-refractivity contribution in [3.63, 3.8) is 0 Å². The molecule has 3 rings (SSSR count). The van der Waals surface area contributed by atoms with Gasteiger partial charge in [0, 0.05) is 44.5 Å². The van der Waals surface area contributed by atoms with Crippen molar-refractivity contribution < 1.29 is 0 Å². The van der Waals surface area contributed by atoms with Crippen LogP contribution in [0.3, 0.4) is 0 Å². The largest absolute Gasteiger partial charge is 0.115 e. The monoisotopic (exact) mass is 374 g/mol. The lowest BCUT2D eigenvalue weighted by Gasteiger charge is -2.03. The first-order valence-electron chi connectivity index (χ1n) is 8.96. The zero-order chi connectivity index (χ0) is 21.3. The van der Waals surface area contributed by atoms with Gasteiger partial charge in [-0.3, -0.25) is 0 Å². The first kappa shape index (κ1) is 19.8. The van der Waals surface area contributed by atoms with Gasteiger partial charge in [-0.15, -0.1) is 25.7 Å². The highest BCUT2D eigenvalue weighted by atomic mass is 14.1. The molecule has 0 fully saturated rings. The van der Waals surface area contributed by atoms with Crippen molar-refractivity contribution in [1.82, 2.24) is 0 Å². The summed E-state index contributed by atoms with van der Waals surface area (Å²) >= 11 is 0. The predicted octanol–water partition coefficient (Wildman–Crippen LogP) is 4.41. The van der Waals surface area contributed by atoms with Crippen LogP contribution in [0.15, 0.2) is 60.7 Å². The van der Waals surface area contributed by atoms with Crippen molar-refractivity contribution in [3.8, 4) is 73.1 Å². The fraction of sp³-hybridized carbons (Fsp3) is 0. The van der Waals surface area contributed by atoms with E-state index >= 15 is 0 Å². The maximum atomic E-state index is 5.71. The van der Waals surface area contributed by atoms with E-state index in [1.54, 1.807) is 12.1 Å². The Morgan fingerprint density at radius 3 is 1.00 bits per heavy atom. The van der Waals surface area contributed by atoms with Gasteiger partial charge >= 0.3 is 0 Å². The number of hydrogen-bond donors (Lipinski definition) is 0. The van der Waals surface area contributed by atoms with Crippen LogP contribution < -0.4 is 0 Å². The Balaban J connectivity index is 2.08. The van der Waals surface area contributed by atoms with Crippen molar-refractivity contribution in [2.45, 2.75) is 0 Å². The summed E-state index contributed by atoms with van der Waals surface area (Å²) in [6, 6.07) is 18.5. The Bertz CT molecular complexity index is 1310. The van der Waals surface area contributed by atoms with Crippen LogP contribution in [0.2, 0.25) is 0 Å². The van der Waals surface area contributed by atoms with E-state index in [0.29, 0.717) is 22.3 Å². The highest BCUT2D eigenvalue weighted by molar-refractivity contribution is 5.63. The van der Waals surface area contributed by atoms with Crippen LogP contribution in [0.4, 0.5) is 0 Å². The average Bonchev–Trinajstić information content (AvgIpc) is 2.81. The van der Waals surface area contributed by atoms with Gasteiger partial charge < -0.3 is 0 Å². The summed E-state index contributed by atoms with van der Waals surface area (Å²) < 4.78 is 0. The molecule has 0 saturated heterocycles. The van der Waals surface area contributed by atoms with Crippen molar-refractivity contribution >= 4 is 0 Å². The summed E-state index contributed by atoms with van der Waals surface area (Å²) in [7, 11) is 0. The predicted molar refractivity (Wildman–Crippen MR) is 123 cm³/mol. The van der Waals surface area contributed by atoms with Crippen LogP contribution in [0.5, 0.6) is 0 Å². The van der Waals surface area contributed by atoms with E-state index in [1.165, 1.54) is 0 Å². The zero-order valence-electron chi connectivity index (χ0n) is 16.1. The fourth-order valence-corrected chi connectivity index (χ4v) is 2.75. The van der Waals surface area contributed by atoms with Gasteiger partial charge in [-0.25, -0.2) is 0 Å². The molecule has 0 bridgehead atoms. The molecule has 0 aliphatic rings. The molecule has 0 unspecified atom stereocenters. The summed E-state index contributed by atoms with van der Waals surface area (Å²) in [6.07, 6.45) is 22.5. The Morgan fingerprint density at radius 1 is 0.367 bits per heavy atom. The Morgan fingerprint density at radius 2 is 0.667 bits per heavy atom. The molecule has 0 atom stereocenters. The number of hydrogen-bond acceptors (Lipinski definition) is 0. The van der Waals surface area contributed by atoms with Crippen LogP contribution in [0.25, 0.3) is 0 Å². The van der Waals surface area contributed by atoms with Crippen LogP contribution >= 0.6 is 0 Å². The van der Waals surface area contributed by atoms with E-state index in [-0.39, 0.29) is 0 Å².